The van der Waals surface area contributed by atoms with E-state index >= 15 is 0 Å². The van der Waals surface area contributed by atoms with Crippen molar-refractivity contribution in [2.24, 2.45) is 23.3 Å². The van der Waals surface area contributed by atoms with E-state index in [0.29, 0.717) is 79.3 Å². The van der Waals surface area contributed by atoms with Crippen molar-refractivity contribution in [2.75, 3.05) is 55.0 Å². The van der Waals surface area contributed by atoms with Gasteiger partial charge in [-0.25, -0.2) is 19.5 Å². The molecular formula is C59H73ClN14O9. The zero-order chi connectivity index (χ0) is 59.5. The molecule has 4 aromatic rings. The van der Waals surface area contributed by atoms with Gasteiger partial charge >= 0.3 is 12.0 Å². The van der Waals surface area contributed by atoms with E-state index in [-0.39, 0.29) is 48.3 Å². The van der Waals surface area contributed by atoms with Crippen LogP contribution >= 0.6 is 11.6 Å². The second-order valence-electron chi connectivity index (χ2n) is 21.9. The molecule has 3 fully saturated rings. The number of rotatable bonds is 20. The molecule has 2 saturated heterocycles. The van der Waals surface area contributed by atoms with E-state index in [1.165, 1.54) is 18.0 Å². The fraction of sp³-hybridized carbons (Fsp3) is 0.458. The van der Waals surface area contributed by atoms with Gasteiger partial charge in [-0.1, -0.05) is 63.3 Å². The number of piperidine rings is 1. The number of urea groups is 1. The number of piperazine rings is 1. The van der Waals surface area contributed by atoms with Crippen molar-refractivity contribution in [3.8, 4) is 11.8 Å². The van der Waals surface area contributed by atoms with Crippen molar-refractivity contribution >= 4 is 87.9 Å². The first-order valence-electron chi connectivity index (χ1n) is 28.1. The molecule has 440 valence electrons. The zero-order valence-electron chi connectivity index (χ0n) is 47.3. The minimum Gasteiger partial charge on any atom is -0.442 e. The number of nitrogens with one attached hydrogen (secondary N) is 6. The van der Waals surface area contributed by atoms with Crippen LogP contribution in [0, 0.1) is 23.7 Å². The van der Waals surface area contributed by atoms with Crippen molar-refractivity contribution in [2.45, 2.75) is 122 Å². The van der Waals surface area contributed by atoms with Gasteiger partial charge in [0.1, 0.15) is 23.1 Å². The highest BCUT2D eigenvalue weighted by Gasteiger charge is 2.43. The lowest BCUT2D eigenvalue weighted by atomic mass is 9.91. The molecule has 10 N–H and O–H groups in total. The van der Waals surface area contributed by atoms with Crippen LogP contribution in [0.2, 0.25) is 5.02 Å². The van der Waals surface area contributed by atoms with Gasteiger partial charge in [-0.05, 0) is 111 Å². The molecule has 83 heavy (non-hydrogen) atoms. The Morgan fingerprint density at radius 3 is 2.24 bits per heavy atom. The number of para-hydroxylation sites is 1. The lowest BCUT2D eigenvalue weighted by Gasteiger charge is -2.37. The van der Waals surface area contributed by atoms with Crippen molar-refractivity contribution in [1.82, 2.24) is 45.9 Å². The number of benzene rings is 3. The molecule has 4 aliphatic rings. The molecule has 1 aromatic heterocycles. The van der Waals surface area contributed by atoms with Gasteiger partial charge in [0.05, 0.1) is 23.5 Å². The van der Waals surface area contributed by atoms with E-state index in [0.717, 1.165) is 47.5 Å². The molecule has 8 rings (SSSR count). The number of nitrogens with two attached hydrogens (primary N) is 2. The summed E-state index contributed by atoms with van der Waals surface area (Å²) in [4.78, 5) is 120. The Hall–Kier alpha value is -8.33. The van der Waals surface area contributed by atoms with Crippen LogP contribution in [-0.4, -0.2) is 148 Å². The molecule has 4 heterocycles. The Balaban J connectivity index is 0.720. The highest BCUT2D eigenvalue weighted by Crippen LogP contribution is 2.31. The standard InChI is InChI=1S/C59H73ClN14O9/c1-34(2)49(61)54(78)65-36(5)53(77)69-50(35(3)4)57(81)83-33-74-48(75)24-23-47(56(74)80)73-32-38-30-37(13-22-43(38)55(73)79)10-8-9-25-63-39-14-16-41(17-15-39)67-59(82)72-28-26-71(27-29-72)42-20-18-40(19-21-42)66-58-64-31-45(60)52(70-58)68-46-12-7-6-11-44(46)51(62)76/h6-7,11-13,18-22,30-31,34-36,39,41,47,49-50,63H,9,14-17,23-29,32-33,61H2,1-5H3,(H2,62,76)(H,65,78)(H,67,82)(H,69,77)(H2,64,66,68,70)/t36-,39-,41+,47?,49-,50-/m0/s1. The largest absolute Gasteiger partial charge is 0.442 e. The number of aromatic nitrogens is 2. The summed E-state index contributed by atoms with van der Waals surface area (Å²) in [5, 5.41) is 18.6. The summed E-state index contributed by atoms with van der Waals surface area (Å²) in [5.74, 6) is 2.26. The average molecular weight is 1160 g/mol. The van der Waals surface area contributed by atoms with E-state index in [9.17, 15) is 38.4 Å². The van der Waals surface area contributed by atoms with Crippen molar-refractivity contribution in [3.05, 3.63) is 100 Å². The van der Waals surface area contributed by atoms with Gasteiger partial charge in [0.2, 0.25) is 23.7 Å². The number of primary amides is 1. The lowest BCUT2D eigenvalue weighted by molar-refractivity contribution is -0.166. The number of likely N-dealkylation sites (tertiary alicyclic amines) is 1. The number of esters is 1. The summed E-state index contributed by atoms with van der Waals surface area (Å²) in [6.07, 6.45) is 5.72. The highest BCUT2D eigenvalue weighted by atomic mass is 35.5. The third-order valence-electron chi connectivity index (χ3n) is 15.3. The van der Waals surface area contributed by atoms with E-state index in [4.69, 9.17) is 27.8 Å². The Morgan fingerprint density at radius 1 is 0.831 bits per heavy atom. The fourth-order valence-corrected chi connectivity index (χ4v) is 10.4. The number of nitrogens with zero attached hydrogens (tertiary/aromatic N) is 6. The maximum absolute atomic E-state index is 13.8. The third kappa shape index (κ3) is 15.4. The molecule has 23 nitrogen and oxygen atoms in total. The lowest BCUT2D eigenvalue weighted by Crippen LogP contribution is -2.57. The molecule has 0 bridgehead atoms. The molecule has 1 saturated carbocycles. The first-order chi connectivity index (χ1) is 39.7. The van der Waals surface area contributed by atoms with Crippen LogP contribution in [0.25, 0.3) is 0 Å². The number of carbonyl (C=O) groups excluding carboxylic acids is 8. The van der Waals surface area contributed by atoms with Gasteiger partial charge in [-0.3, -0.25) is 28.8 Å². The molecule has 3 aliphatic heterocycles. The Bertz CT molecular complexity index is 3130. The Labute approximate surface area is 487 Å². The normalized spacial score (nSPS) is 19.0. The topological polar surface area (TPSA) is 309 Å². The van der Waals surface area contributed by atoms with Gasteiger partial charge in [0, 0.05) is 86.7 Å². The van der Waals surface area contributed by atoms with E-state index in [1.54, 1.807) is 64.1 Å². The minimum absolute atomic E-state index is 0.0405. The SMILES string of the molecule is CC(C)[C@H](N)C(=O)N[C@@H](C)C(=O)N[C@H](C(=O)OCN1C(=O)CCC(N2Cc3cc(C#CCCN[C@H]4CC[C@@H](NC(=O)N5CCN(c6ccc(Nc7ncc(Cl)c(Nc8ccccc8C(N)=O)n7)cc6)CC5)CC4)ccc3C2=O)C1=O)C(C)C. The molecule has 0 spiro atoms. The first-order valence-corrected chi connectivity index (χ1v) is 28.5. The number of carbonyl (C=O) groups is 8. The predicted octanol–water partition coefficient (Wildman–Crippen LogP) is 4.49. The molecule has 1 unspecified atom stereocenters. The third-order valence-corrected chi connectivity index (χ3v) is 15.6. The molecule has 24 heteroatoms. The van der Waals surface area contributed by atoms with Gasteiger partial charge in [0.25, 0.3) is 17.7 Å². The quantitative estimate of drug-likeness (QED) is 0.0262. The van der Waals surface area contributed by atoms with Crippen molar-refractivity contribution in [1.29, 1.82) is 0 Å². The average Bonchev–Trinajstić information content (AvgIpc) is 3.85. The van der Waals surface area contributed by atoms with Gasteiger partial charge < -0.3 is 62.8 Å². The van der Waals surface area contributed by atoms with E-state index < -0.39 is 72.3 Å². The Kier molecular flexibility index (Phi) is 20.2. The van der Waals surface area contributed by atoms with Crippen LogP contribution in [0.5, 0.6) is 0 Å². The number of anilines is 5. The number of imide groups is 1. The minimum atomic E-state index is -1.15. The van der Waals surface area contributed by atoms with Crippen LogP contribution in [0.3, 0.4) is 0 Å². The number of fused-ring (bicyclic) bond motifs is 1. The summed E-state index contributed by atoms with van der Waals surface area (Å²) >= 11 is 6.37. The molecule has 4 atom stereocenters. The van der Waals surface area contributed by atoms with Gasteiger partial charge in [-0.2, -0.15) is 4.98 Å². The number of halogens is 1. The summed E-state index contributed by atoms with van der Waals surface area (Å²) in [6.45, 7) is 11.1. The monoisotopic (exact) mass is 1160 g/mol. The highest BCUT2D eigenvalue weighted by molar-refractivity contribution is 6.33. The van der Waals surface area contributed by atoms with Crippen molar-refractivity contribution in [3.63, 3.8) is 0 Å². The number of amides is 8. The van der Waals surface area contributed by atoms with Crippen LogP contribution < -0.4 is 48.3 Å². The number of ether oxygens (including phenoxy) is 1. The van der Waals surface area contributed by atoms with Crippen LogP contribution in [-0.2, 0) is 35.3 Å². The Morgan fingerprint density at radius 2 is 1.54 bits per heavy atom. The van der Waals surface area contributed by atoms with Crippen molar-refractivity contribution < 1.29 is 43.1 Å². The van der Waals surface area contributed by atoms with Gasteiger partial charge in [0.15, 0.2) is 12.5 Å². The molecule has 3 aromatic carbocycles. The molecular weight excluding hydrogens is 1080 g/mol. The molecule has 8 amide bonds. The second-order valence-corrected chi connectivity index (χ2v) is 22.3. The van der Waals surface area contributed by atoms with Gasteiger partial charge in [-0.15, -0.1) is 0 Å². The summed E-state index contributed by atoms with van der Waals surface area (Å²) < 4.78 is 5.43. The second kappa shape index (κ2) is 27.6. The summed E-state index contributed by atoms with van der Waals surface area (Å²) in [6, 6.07) is 16.4. The smallest absolute Gasteiger partial charge is 0.330 e. The number of hydrogen-bond donors (Lipinski definition) is 8. The molecule has 0 radical (unpaired) electrons. The summed E-state index contributed by atoms with van der Waals surface area (Å²) in [5.41, 5.74) is 15.9. The van der Waals surface area contributed by atoms with Crippen LogP contribution in [0.15, 0.2) is 72.9 Å². The van der Waals surface area contributed by atoms with E-state index in [2.05, 4.69) is 58.6 Å². The van der Waals surface area contributed by atoms with Crippen LogP contribution in [0.1, 0.15) is 111 Å². The summed E-state index contributed by atoms with van der Waals surface area (Å²) in [7, 11) is 0. The first kappa shape index (κ1) is 60.8. The maximum Gasteiger partial charge on any atom is 0.330 e. The maximum atomic E-state index is 13.8. The van der Waals surface area contributed by atoms with Crippen LogP contribution in [0.4, 0.5) is 33.6 Å². The molecule has 1 aliphatic carbocycles. The zero-order valence-corrected chi connectivity index (χ0v) is 48.1. The van der Waals surface area contributed by atoms with E-state index in [1.807, 2.05) is 35.2 Å². The predicted molar refractivity (Wildman–Crippen MR) is 312 cm³/mol. The fourth-order valence-electron chi connectivity index (χ4n) is 10.3. The number of hydrogen-bond acceptors (Lipinski definition) is 16.